The van der Waals surface area contributed by atoms with Crippen molar-refractivity contribution in [3.63, 3.8) is 0 Å². The predicted octanol–water partition coefficient (Wildman–Crippen LogP) is 3.80. The Kier molecular flexibility index (Phi) is 10.3. The fourth-order valence-electron chi connectivity index (χ4n) is 4.06. The summed E-state index contributed by atoms with van der Waals surface area (Å²) in [5, 5.41) is 2.97. The fraction of sp³-hybridized carbons (Fsp3) is 0.481. The summed E-state index contributed by atoms with van der Waals surface area (Å²) in [4.78, 5) is 28.5. The van der Waals surface area contributed by atoms with E-state index in [1.165, 1.54) is 4.90 Å². The van der Waals surface area contributed by atoms with E-state index in [4.69, 9.17) is 4.74 Å². The van der Waals surface area contributed by atoms with Crippen LogP contribution >= 0.6 is 0 Å². The van der Waals surface area contributed by atoms with Crippen LogP contribution in [0, 0.1) is 13.8 Å². The summed E-state index contributed by atoms with van der Waals surface area (Å²) < 4.78 is 32.1. The zero-order valence-corrected chi connectivity index (χ0v) is 23.2. The molecule has 2 amide bonds. The number of carbonyl (C=O) groups excluding carboxylic acids is 2. The van der Waals surface area contributed by atoms with Gasteiger partial charge in [-0.25, -0.2) is 8.42 Å². The second-order valence-electron chi connectivity index (χ2n) is 9.12. The van der Waals surface area contributed by atoms with Gasteiger partial charge in [-0.05, 0) is 62.4 Å². The summed E-state index contributed by atoms with van der Waals surface area (Å²) in [7, 11) is -2.21. The topological polar surface area (TPSA) is 96.0 Å². The Labute approximate surface area is 215 Å². The molecule has 2 atom stereocenters. The van der Waals surface area contributed by atoms with E-state index in [1.807, 2.05) is 65.0 Å². The molecule has 0 radical (unpaired) electrons. The van der Waals surface area contributed by atoms with E-state index in [1.54, 1.807) is 19.2 Å². The standard InChI is InChI=1S/C27H39N3O5S/c1-8-21(5)28-27(32)24(9-2)29(17-22-13-15-23(35-6)16-14-22)25(31)18-30(36(7,33)34)26-19(3)11-10-12-20(26)4/h10-16,21,24H,8-9,17-18H2,1-7H3,(H,28,32)/t21-,24-/m1/s1. The lowest BCUT2D eigenvalue weighted by Gasteiger charge is -2.34. The van der Waals surface area contributed by atoms with Crippen LogP contribution in [0.2, 0.25) is 0 Å². The average molecular weight is 518 g/mol. The minimum absolute atomic E-state index is 0.0494. The van der Waals surface area contributed by atoms with Crippen molar-refractivity contribution < 1.29 is 22.7 Å². The number of para-hydroxylation sites is 1. The smallest absolute Gasteiger partial charge is 0.244 e. The van der Waals surface area contributed by atoms with Gasteiger partial charge in [-0.2, -0.15) is 0 Å². The zero-order valence-electron chi connectivity index (χ0n) is 22.4. The van der Waals surface area contributed by atoms with E-state index in [2.05, 4.69) is 5.32 Å². The normalized spacial score (nSPS) is 13.0. The molecule has 0 spiro atoms. The van der Waals surface area contributed by atoms with Gasteiger partial charge in [-0.3, -0.25) is 13.9 Å². The number of benzene rings is 2. The first-order valence-corrected chi connectivity index (χ1v) is 14.0. The third kappa shape index (κ3) is 7.46. The number of sulfonamides is 1. The lowest BCUT2D eigenvalue weighted by molar-refractivity contribution is -0.140. The van der Waals surface area contributed by atoms with Crippen LogP contribution in [-0.4, -0.2) is 57.1 Å². The van der Waals surface area contributed by atoms with Gasteiger partial charge in [0, 0.05) is 12.6 Å². The van der Waals surface area contributed by atoms with Crippen molar-refractivity contribution in [1.82, 2.24) is 10.2 Å². The summed E-state index contributed by atoms with van der Waals surface area (Å²) >= 11 is 0. The van der Waals surface area contributed by atoms with E-state index < -0.39 is 28.5 Å². The van der Waals surface area contributed by atoms with Gasteiger partial charge in [-0.1, -0.05) is 44.2 Å². The molecule has 0 heterocycles. The first-order valence-electron chi connectivity index (χ1n) is 12.2. The van der Waals surface area contributed by atoms with Crippen LogP contribution in [0.4, 0.5) is 5.69 Å². The van der Waals surface area contributed by atoms with Gasteiger partial charge >= 0.3 is 0 Å². The van der Waals surface area contributed by atoms with Gasteiger partial charge in [0.25, 0.3) is 0 Å². The number of amides is 2. The van der Waals surface area contributed by atoms with E-state index in [-0.39, 0.29) is 18.5 Å². The number of aryl methyl sites for hydroxylation is 2. The quantitative estimate of drug-likeness (QED) is 0.462. The highest BCUT2D eigenvalue weighted by molar-refractivity contribution is 7.92. The molecular formula is C27H39N3O5S. The van der Waals surface area contributed by atoms with Crippen molar-refractivity contribution in [3.8, 4) is 5.75 Å². The summed E-state index contributed by atoms with van der Waals surface area (Å²) in [6.07, 6.45) is 2.22. The molecule has 2 rings (SSSR count). The molecule has 198 valence electrons. The molecule has 0 unspecified atom stereocenters. The number of rotatable bonds is 12. The molecule has 8 nitrogen and oxygen atoms in total. The van der Waals surface area contributed by atoms with E-state index in [0.717, 1.165) is 33.7 Å². The van der Waals surface area contributed by atoms with Gasteiger partial charge in [0.1, 0.15) is 18.3 Å². The van der Waals surface area contributed by atoms with Crippen LogP contribution in [0.15, 0.2) is 42.5 Å². The summed E-state index contributed by atoms with van der Waals surface area (Å²) in [6.45, 7) is 9.10. The molecule has 1 N–H and O–H groups in total. The van der Waals surface area contributed by atoms with Crippen molar-refractivity contribution in [2.24, 2.45) is 0 Å². The number of nitrogens with one attached hydrogen (secondary N) is 1. The molecule has 36 heavy (non-hydrogen) atoms. The van der Waals surface area contributed by atoms with Gasteiger partial charge < -0.3 is 15.0 Å². The zero-order chi connectivity index (χ0) is 27.0. The predicted molar refractivity (Wildman–Crippen MR) is 144 cm³/mol. The fourth-order valence-corrected chi connectivity index (χ4v) is 5.03. The maximum absolute atomic E-state index is 13.8. The van der Waals surface area contributed by atoms with E-state index >= 15 is 0 Å². The number of methoxy groups -OCH3 is 1. The first kappa shape index (κ1) is 29.2. The van der Waals surface area contributed by atoms with Crippen molar-refractivity contribution in [3.05, 3.63) is 59.2 Å². The molecule has 2 aromatic carbocycles. The molecule has 2 aromatic rings. The van der Waals surface area contributed by atoms with Gasteiger partial charge in [0.05, 0.1) is 19.1 Å². The highest BCUT2D eigenvalue weighted by atomic mass is 32.2. The Hall–Kier alpha value is -3.07. The third-order valence-electron chi connectivity index (χ3n) is 6.27. The lowest BCUT2D eigenvalue weighted by atomic mass is 10.1. The average Bonchev–Trinajstić information content (AvgIpc) is 2.82. The summed E-state index contributed by atoms with van der Waals surface area (Å²) in [5.74, 6) is -0.0341. The molecule has 0 aliphatic carbocycles. The van der Waals surface area contributed by atoms with Gasteiger partial charge in [0.15, 0.2) is 0 Å². The van der Waals surface area contributed by atoms with E-state index in [0.29, 0.717) is 17.9 Å². The van der Waals surface area contributed by atoms with Crippen molar-refractivity contribution in [2.45, 2.75) is 66.1 Å². The molecule has 0 aromatic heterocycles. The van der Waals surface area contributed by atoms with Crippen molar-refractivity contribution in [2.75, 3.05) is 24.2 Å². The molecule has 0 saturated carbocycles. The molecule has 9 heteroatoms. The maximum Gasteiger partial charge on any atom is 0.244 e. The highest BCUT2D eigenvalue weighted by Crippen LogP contribution is 2.27. The van der Waals surface area contributed by atoms with Crippen LogP contribution < -0.4 is 14.4 Å². The second kappa shape index (κ2) is 12.8. The van der Waals surface area contributed by atoms with Crippen LogP contribution in [0.5, 0.6) is 5.75 Å². The van der Waals surface area contributed by atoms with Gasteiger partial charge in [0.2, 0.25) is 21.8 Å². The highest BCUT2D eigenvalue weighted by Gasteiger charge is 2.32. The number of anilines is 1. The van der Waals surface area contributed by atoms with Crippen molar-refractivity contribution in [1.29, 1.82) is 0 Å². The first-order chi connectivity index (χ1) is 16.9. The summed E-state index contributed by atoms with van der Waals surface area (Å²) in [5.41, 5.74) is 2.78. The largest absolute Gasteiger partial charge is 0.497 e. The molecule has 0 aliphatic heterocycles. The Morgan fingerprint density at radius 3 is 2.06 bits per heavy atom. The van der Waals surface area contributed by atoms with Crippen LogP contribution in [0.1, 0.15) is 50.3 Å². The van der Waals surface area contributed by atoms with E-state index in [9.17, 15) is 18.0 Å². The molecule has 0 fully saturated rings. The number of nitrogens with zero attached hydrogens (tertiary/aromatic N) is 2. The Morgan fingerprint density at radius 2 is 1.58 bits per heavy atom. The lowest BCUT2D eigenvalue weighted by Crippen LogP contribution is -2.53. The molecule has 0 bridgehead atoms. The second-order valence-corrected chi connectivity index (χ2v) is 11.0. The number of carbonyl (C=O) groups is 2. The third-order valence-corrected chi connectivity index (χ3v) is 7.38. The minimum Gasteiger partial charge on any atom is -0.497 e. The molecule has 0 saturated heterocycles. The molecule has 0 aliphatic rings. The van der Waals surface area contributed by atoms with Crippen LogP contribution in [0.25, 0.3) is 0 Å². The van der Waals surface area contributed by atoms with Gasteiger partial charge in [-0.15, -0.1) is 0 Å². The monoisotopic (exact) mass is 517 g/mol. The number of ether oxygens (including phenoxy) is 1. The maximum atomic E-state index is 13.8. The van der Waals surface area contributed by atoms with Crippen LogP contribution in [-0.2, 0) is 26.2 Å². The Balaban J connectivity index is 2.49. The van der Waals surface area contributed by atoms with Crippen molar-refractivity contribution >= 4 is 27.5 Å². The SMILES string of the molecule is CC[C@@H](C)NC(=O)[C@@H](CC)N(Cc1ccc(OC)cc1)C(=O)CN(c1c(C)cccc1C)S(C)(=O)=O. The Morgan fingerprint density at radius 1 is 1.00 bits per heavy atom. The Bertz CT molecular complexity index is 1130. The minimum atomic E-state index is -3.78. The number of hydrogen-bond donors (Lipinski definition) is 1. The molecular weight excluding hydrogens is 478 g/mol. The van der Waals surface area contributed by atoms with Crippen LogP contribution in [0.3, 0.4) is 0 Å². The number of hydrogen-bond acceptors (Lipinski definition) is 5. The summed E-state index contributed by atoms with van der Waals surface area (Å²) in [6, 6.07) is 11.9.